The zero-order valence-electron chi connectivity index (χ0n) is 14.4. The van der Waals surface area contributed by atoms with Gasteiger partial charge in [-0.2, -0.15) is 0 Å². The number of carbonyl (C=O) groups is 1. The molecule has 1 aliphatic rings. The highest BCUT2D eigenvalue weighted by molar-refractivity contribution is 5.74. The molecule has 2 aromatic rings. The number of rotatable bonds is 4. The molecule has 2 unspecified atom stereocenters. The van der Waals surface area contributed by atoms with Crippen molar-refractivity contribution in [3.63, 3.8) is 0 Å². The van der Waals surface area contributed by atoms with Gasteiger partial charge in [0.2, 0.25) is 12.2 Å². The van der Waals surface area contributed by atoms with Crippen molar-refractivity contribution >= 4 is 6.29 Å². The maximum atomic E-state index is 12.7. The second-order valence-electron chi connectivity index (χ2n) is 6.00. The summed E-state index contributed by atoms with van der Waals surface area (Å²) < 4.78 is 13.8. The Hall–Kier alpha value is -2.67. The van der Waals surface area contributed by atoms with Crippen molar-refractivity contribution in [1.29, 1.82) is 0 Å². The van der Waals surface area contributed by atoms with Gasteiger partial charge in [0.25, 0.3) is 5.56 Å². The molecule has 2 atom stereocenters. The van der Waals surface area contributed by atoms with E-state index < -0.39 is 12.0 Å². The largest absolute Gasteiger partial charge is 0.449 e. The molecule has 25 heavy (non-hydrogen) atoms. The Kier molecular flexibility index (Phi) is 4.59. The average molecular weight is 344 g/mol. The van der Waals surface area contributed by atoms with Crippen LogP contribution in [0.4, 0.5) is 0 Å². The van der Waals surface area contributed by atoms with Crippen molar-refractivity contribution in [2.45, 2.75) is 25.6 Å². The zero-order valence-corrected chi connectivity index (χ0v) is 14.4. The van der Waals surface area contributed by atoms with E-state index in [4.69, 9.17) is 9.47 Å². The van der Waals surface area contributed by atoms with Crippen molar-refractivity contribution in [2.24, 2.45) is 14.1 Å². The molecule has 0 fully saturated rings. The van der Waals surface area contributed by atoms with Crippen LogP contribution in [0.3, 0.4) is 0 Å². The van der Waals surface area contributed by atoms with Gasteiger partial charge < -0.3 is 9.47 Å². The first-order chi connectivity index (χ1) is 12.0. The van der Waals surface area contributed by atoms with Crippen LogP contribution in [0, 0.1) is 0 Å². The van der Waals surface area contributed by atoms with Gasteiger partial charge >= 0.3 is 5.69 Å². The van der Waals surface area contributed by atoms with Crippen molar-refractivity contribution in [1.82, 2.24) is 9.13 Å². The normalized spacial score (nSPS) is 19.2. The van der Waals surface area contributed by atoms with E-state index in [2.05, 4.69) is 0 Å². The van der Waals surface area contributed by atoms with Crippen LogP contribution in [0.25, 0.3) is 0 Å². The van der Waals surface area contributed by atoms with E-state index in [0.29, 0.717) is 24.2 Å². The topological polar surface area (TPSA) is 79.5 Å². The van der Waals surface area contributed by atoms with Crippen molar-refractivity contribution in [3.05, 3.63) is 61.8 Å². The van der Waals surface area contributed by atoms with Crippen LogP contribution in [0.5, 0.6) is 5.88 Å². The lowest BCUT2D eigenvalue weighted by Gasteiger charge is -2.32. The van der Waals surface area contributed by atoms with Gasteiger partial charge in [-0.15, -0.1) is 0 Å². The van der Waals surface area contributed by atoms with Gasteiger partial charge in [0.1, 0.15) is 6.29 Å². The molecule has 0 bridgehead atoms. The maximum Gasteiger partial charge on any atom is 0.333 e. The number of benzene rings is 1. The number of aldehydes is 1. The molecular weight excluding hydrogens is 324 g/mol. The van der Waals surface area contributed by atoms with Crippen molar-refractivity contribution < 1.29 is 14.3 Å². The molecule has 3 rings (SSSR count). The summed E-state index contributed by atoms with van der Waals surface area (Å²) in [6, 6.07) is 7.05. The summed E-state index contributed by atoms with van der Waals surface area (Å²) in [6.07, 6.45) is 0.674. The summed E-state index contributed by atoms with van der Waals surface area (Å²) >= 11 is 0. The predicted octanol–water partition coefficient (Wildman–Crippen LogP) is 1.17. The van der Waals surface area contributed by atoms with Crippen LogP contribution in [0.15, 0.2) is 33.9 Å². The summed E-state index contributed by atoms with van der Waals surface area (Å²) in [5, 5.41) is 0. The Bertz CT molecular complexity index is 911. The number of nitrogens with zero attached hydrogens (tertiary/aromatic N) is 2. The SMILES string of the molecule is CCOC1CC(c2ccc(C=O)cc2)c2c(n(C)c(=O)n(C)c2=O)O1. The number of carbonyl (C=O) groups excluding carboxylic acids is 1. The number of hydrogen-bond donors (Lipinski definition) is 0. The van der Waals surface area contributed by atoms with E-state index in [-0.39, 0.29) is 17.4 Å². The molecule has 2 heterocycles. The first-order valence-electron chi connectivity index (χ1n) is 8.11. The lowest BCUT2D eigenvalue weighted by atomic mass is 9.87. The maximum absolute atomic E-state index is 12.7. The Balaban J connectivity index is 2.20. The van der Waals surface area contributed by atoms with Crippen LogP contribution < -0.4 is 16.0 Å². The second-order valence-corrected chi connectivity index (χ2v) is 6.00. The number of fused-ring (bicyclic) bond motifs is 1. The minimum absolute atomic E-state index is 0.238. The van der Waals surface area contributed by atoms with E-state index in [0.717, 1.165) is 16.4 Å². The molecular formula is C18H20N2O5. The molecule has 7 heteroatoms. The molecule has 0 aliphatic carbocycles. The number of hydrogen-bond acceptors (Lipinski definition) is 5. The third-order valence-electron chi connectivity index (χ3n) is 4.49. The van der Waals surface area contributed by atoms with E-state index in [1.54, 1.807) is 19.2 Å². The molecule has 0 saturated carbocycles. The van der Waals surface area contributed by atoms with Crippen LogP contribution in [-0.4, -0.2) is 28.3 Å². The first-order valence-corrected chi connectivity index (χ1v) is 8.11. The summed E-state index contributed by atoms with van der Waals surface area (Å²) in [5.74, 6) is -0.0474. The molecule has 0 N–H and O–H groups in total. The Morgan fingerprint density at radius 2 is 1.88 bits per heavy atom. The molecule has 1 aromatic carbocycles. The summed E-state index contributed by atoms with van der Waals surface area (Å²) in [4.78, 5) is 35.8. The lowest BCUT2D eigenvalue weighted by molar-refractivity contribution is -0.0943. The second kappa shape index (κ2) is 6.68. The van der Waals surface area contributed by atoms with Crippen LogP contribution in [-0.2, 0) is 18.8 Å². The number of ether oxygens (including phenoxy) is 2. The minimum atomic E-state index is -0.550. The van der Waals surface area contributed by atoms with Gasteiger partial charge in [-0.1, -0.05) is 24.3 Å². The summed E-state index contributed by atoms with van der Waals surface area (Å²) in [6.45, 7) is 2.31. The fourth-order valence-corrected chi connectivity index (χ4v) is 3.17. The van der Waals surface area contributed by atoms with Crippen LogP contribution in [0.1, 0.15) is 40.7 Å². The van der Waals surface area contributed by atoms with Crippen LogP contribution >= 0.6 is 0 Å². The van der Waals surface area contributed by atoms with Crippen molar-refractivity contribution in [3.8, 4) is 5.88 Å². The highest BCUT2D eigenvalue weighted by atomic mass is 16.7. The number of aromatic nitrogens is 2. The molecule has 132 valence electrons. The van der Waals surface area contributed by atoms with Gasteiger partial charge in [-0.3, -0.25) is 18.7 Å². The molecule has 0 radical (unpaired) electrons. The highest BCUT2D eigenvalue weighted by Gasteiger charge is 2.35. The predicted molar refractivity (Wildman–Crippen MR) is 91.3 cm³/mol. The monoisotopic (exact) mass is 344 g/mol. The Labute approximate surface area is 144 Å². The average Bonchev–Trinajstić information content (AvgIpc) is 2.64. The zero-order chi connectivity index (χ0) is 18.1. The van der Waals surface area contributed by atoms with Gasteiger partial charge in [0.05, 0.1) is 5.56 Å². The van der Waals surface area contributed by atoms with Gasteiger partial charge in [-0.05, 0) is 12.5 Å². The third-order valence-corrected chi connectivity index (χ3v) is 4.49. The Morgan fingerprint density at radius 1 is 1.20 bits per heavy atom. The highest BCUT2D eigenvalue weighted by Crippen LogP contribution is 2.37. The Morgan fingerprint density at radius 3 is 2.48 bits per heavy atom. The molecule has 0 amide bonds. The summed E-state index contributed by atoms with van der Waals surface area (Å²) in [7, 11) is 3.02. The standard InChI is InChI=1S/C18H20N2O5/c1-4-24-14-9-13(12-7-5-11(10-21)6-8-12)15-16(22)19(2)18(23)20(3)17(15)25-14/h5-8,10,13-14H,4,9H2,1-3H3. The van der Waals surface area contributed by atoms with E-state index in [1.165, 1.54) is 11.6 Å². The lowest BCUT2D eigenvalue weighted by Crippen LogP contribution is -2.44. The fourth-order valence-electron chi connectivity index (χ4n) is 3.17. The fraction of sp³-hybridized carbons (Fsp3) is 0.389. The van der Waals surface area contributed by atoms with E-state index in [9.17, 15) is 14.4 Å². The molecule has 1 aliphatic heterocycles. The van der Waals surface area contributed by atoms with E-state index >= 15 is 0 Å². The van der Waals surface area contributed by atoms with Gasteiger partial charge in [0, 0.05) is 38.6 Å². The molecule has 0 spiro atoms. The van der Waals surface area contributed by atoms with Gasteiger partial charge in [0.15, 0.2) is 0 Å². The molecule has 0 saturated heterocycles. The first kappa shape index (κ1) is 17.2. The van der Waals surface area contributed by atoms with E-state index in [1.807, 2.05) is 19.1 Å². The van der Waals surface area contributed by atoms with Crippen molar-refractivity contribution in [2.75, 3.05) is 6.61 Å². The quantitative estimate of drug-likeness (QED) is 0.778. The molecule has 7 nitrogen and oxygen atoms in total. The summed E-state index contributed by atoms with van der Waals surface area (Å²) in [5.41, 5.74) is 1.04. The smallest absolute Gasteiger partial charge is 0.333 e. The molecule has 1 aromatic heterocycles. The third kappa shape index (κ3) is 2.91. The van der Waals surface area contributed by atoms with Crippen LogP contribution in [0.2, 0.25) is 0 Å². The minimum Gasteiger partial charge on any atom is -0.449 e. The van der Waals surface area contributed by atoms with Gasteiger partial charge in [-0.25, -0.2) is 4.79 Å².